The van der Waals surface area contributed by atoms with Crippen molar-refractivity contribution in [1.29, 1.82) is 0 Å². The third kappa shape index (κ3) is 3.46. The topological polar surface area (TPSA) is 30.5 Å². The second kappa shape index (κ2) is 6.90. The molecule has 1 aliphatic rings. The van der Waals surface area contributed by atoms with Gasteiger partial charge in [0.1, 0.15) is 11.6 Å². The molecule has 0 amide bonds. The van der Waals surface area contributed by atoms with Crippen LogP contribution in [0.4, 0.5) is 4.39 Å². The van der Waals surface area contributed by atoms with Crippen LogP contribution in [0.3, 0.4) is 0 Å². The van der Waals surface area contributed by atoms with Crippen LogP contribution in [-0.2, 0) is 11.3 Å². The SMILES string of the molecule is COc1ccc(-c2ccc(F)cc2CO[C@H]2CCNC2)cc1. The van der Waals surface area contributed by atoms with Crippen LogP contribution in [0.5, 0.6) is 5.75 Å². The number of nitrogens with one attached hydrogen (secondary N) is 1. The van der Waals surface area contributed by atoms with Gasteiger partial charge in [-0.3, -0.25) is 0 Å². The highest BCUT2D eigenvalue weighted by atomic mass is 19.1. The van der Waals surface area contributed by atoms with Crippen LogP contribution in [0.15, 0.2) is 42.5 Å². The van der Waals surface area contributed by atoms with Crippen molar-refractivity contribution in [3.05, 3.63) is 53.8 Å². The van der Waals surface area contributed by atoms with Crippen molar-refractivity contribution >= 4 is 0 Å². The highest BCUT2D eigenvalue weighted by molar-refractivity contribution is 5.67. The van der Waals surface area contributed by atoms with E-state index in [4.69, 9.17) is 9.47 Å². The molecular weight excluding hydrogens is 281 g/mol. The van der Waals surface area contributed by atoms with Crippen LogP contribution < -0.4 is 10.1 Å². The summed E-state index contributed by atoms with van der Waals surface area (Å²) in [4.78, 5) is 0. The summed E-state index contributed by atoms with van der Waals surface area (Å²) in [5.41, 5.74) is 2.90. The van der Waals surface area contributed by atoms with Gasteiger partial charge < -0.3 is 14.8 Å². The fourth-order valence-corrected chi connectivity index (χ4v) is 2.71. The first-order chi connectivity index (χ1) is 10.8. The van der Waals surface area contributed by atoms with Gasteiger partial charge in [0.25, 0.3) is 0 Å². The molecule has 22 heavy (non-hydrogen) atoms. The number of ether oxygens (including phenoxy) is 2. The van der Waals surface area contributed by atoms with E-state index < -0.39 is 0 Å². The quantitative estimate of drug-likeness (QED) is 0.918. The van der Waals surface area contributed by atoms with Gasteiger partial charge in [0.05, 0.1) is 19.8 Å². The molecule has 116 valence electrons. The van der Waals surface area contributed by atoms with Gasteiger partial charge in [-0.25, -0.2) is 4.39 Å². The molecule has 1 saturated heterocycles. The zero-order valence-electron chi connectivity index (χ0n) is 12.6. The van der Waals surface area contributed by atoms with Crippen molar-refractivity contribution in [3.8, 4) is 16.9 Å². The number of halogens is 1. The summed E-state index contributed by atoms with van der Waals surface area (Å²) in [6, 6.07) is 12.6. The molecule has 0 aliphatic carbocycles. The Bertz CT molecular complexity index is 621. The molecule has 0 aromatic heterocycles. The average Bonchev–Trinajstić information content (AvgIpc) is 3.07. The van der Waals surface area contributed by atoms with Crippen molar-refractivity contribution in [2.45, 2.75) is 19.1 Å². The van der Waals surface area contributed by atoms with E-state index in [1.165, 1.54) is 6.07 Å². The lowest BCUT2D eigenvalue weighted by atomic mass is 10.00. The molecule has 0 bridgehead atoms. The van der Waals surface area contributed by atoms with Crippen molar-refractivity contribution in [2.75, 3.05) is 20.2 Å². The molecule has 1 aliphatic heterocycles. The summed E-state index contributed by atoms with van der Waals surface area (Å²) >= 11 is 0. The van der Waals surface area contributed by atoms with Gasteiger partial charge in [-0.2, -0.15) is 0 Å². The highest BCUT2D eigenvalue weighted by Gasteiger charge is 2.16. The summed E-state index contributed by atoms with van der Waals surface area (Å²) in [5, 5.41) is 3.27. The molecule has 0 spiro atoms. The summed E-state index contributed by atoms with van der Waals surface area (Å²) in [7, 11) is 1.64. The Kier molecular flexibility index (Phi) is 4.71. The maximum Gasteiger partial charge on any atom is 0.123 e. The van der Waals surface area contributed by atoms with Gasteiger partial charge in [-0.1, -0.05) is 18.2 Å². The second-order valence-corrected chi connectivity index (χ2v) is 5.46. The zero-order valence-corrected chi connectivity index (χ0v) is 12.6. The molecule has 2 aromatic carbocycles. The van der Waals surface area contributed by atoms with E-state index in [1.807, 2.05) is 30.3 Å². The monoisotopic (exact) mass is 301 g/mol. The van der Waals surface area contributed by atoms with Gasteiger partial charge in [0.2, 0.25) is 0 Å². The summed E-state index contributed by atoms with van der Waals surface area (Å²) < 4.78 is 24.7. The Hall–Kier alpha value is -1.91. The largest absolute Gasteiger partial charge is 0.497 e. The number of methoxy groups -OCH3 is 1. The average molecular weight is 301 g/mol. The van der Waals surface area contributed by atoms with E-state index in [9.17, 15) is 4.39 Å². The first-order valence-corrected chi connectivity index (χ1v) is 7.51. The highest BCUT2D eigenvalue weighted by Crippen LogP contribution is 2.27. The molecule has 1 heterocycles. The molecule has 0 radical (unpaired) electrons. The van der Waals surface area contributed by atoms with Crippen LogP contribution >= 0.6 is 0 Å². The minimum absolute atomic E-state index is 0.215. The Balaban J connectivity index is 1.82. The maximum absolute atomic E-state index is 13.6. The molecule has 1 N–H and O–H groups in total. The molecule has 0 unspecified atom stereocenters. The van der Waals surface area contributed by atoms with Crippen LogP contribution in [0, 0.1) is 5.82 Å². The molecule has 1 fully saturated rings. The lowest BCUT2D eigenvalue weighted by Crippen LogP contribution is -2.16. The van der Waals surface area contributed by atoms with Crippen molar-refractivity contribution < 1.29 is 13.9 Å². The zero-order chi connectivity index (χ0) is 15.4. The predicted molar refractivity (Wildman–Crippen MR) is 84.5 cm³/mol. The van der Waals surface area contributed by atoms with E-state index in [0.717, 1.165) is 42.0 Å². The Morgan fingerprint density at radius 2 is 2.00 bits per heavy atom. The maximum atomic E-state index is 13.6. The fraction of sp³-hybridized carbons (Fsp3) is 0.333. The number of hydrogen-bond acceptors (Lipinski definition) is 3. The van der Waals surface area contributed by atoms with E-state index in [2.05, 4.69) is 5.32 Å². The van der Waals surface area contributed by atoms with Gasteiger partial charge >= 0.3 is 0 Å². The van der Waals surface area contributed by atoms with E-state index in [1.54, 1.807) is 13.2 Å². The lowest BCUT2D eigenvalue weighted by Gasteiger charge is -2.14. The van der Waals surface area contributed by atoms with E-state index >= 15 is 0 Å². The van der Waals surface area contributed by atoms with Crippen LogP contribution in [0.1, 0.15) is 12.0 Å². The van der Waals surface area contributed by atoms with Crippen LogP contribution in [0.2, 0.25) is 0 Å². The van der Waals surface area contributed by atoms with E-state index in [0.29, 0.717) is 6.61 Å². The van der Waals surface area contributed by atoms with E-state index in [-0.39, 0.29) is 11.9 Å². The Morgan fingerprint density at radius 3 is 2.68 bits per heavy atom. The second-order valence-electron chi connectivity index (χ2n) is 5.46. The minimum atomic E-state index is -0.236. The standard InChI is InChI=1S/C18H20FNO2/c1-21-16-5-2-13(3-6-16)18-7-4-15(19)10-14(18)12-22-17-8-9-20-11-17/h2-7,10,17,20H,8-9,11-12H2,1H3/t17-/m0/s1. The van der Waals surface area contributed by atoms with Gasteiger partial charge in [0.15, 0.2) is 0 Å². The number of hydrogen-bond donors (Lipinski definition) is 1. The number of benzene rings is 2. The van der Waals surface area contributed by atoms with Crippen molar-refractivity contribution in [1.82, 2.24) is 5.32 Å². The minimum Gasteiger partial charge on any atom is -0.497 e. The molecule has 0 saturated carbocycles. The lowest BCUT2D eigenvalue weighted by molar-refractivity contribution is 0.0543. The van der Waals surface area contributed by atoms with Crippen molar-refractivity contribution in [3.63, 3.8) is 0 Å². The molecule has 2 aromatic rings. The first kappa shape index (κ1) is 15.0. The molecule has 1 atom stereocenters. The Labute approximate surface area is 130 Å². The van der Waals surface area contributed by atoms with Gasteiger partial charge in [0, 0.05) is 6.54 Å². The molecule has 3 nitrogen and oxygen atoms in total. The van der Waals surface area contributed by atoms with Crippen molar-refractivity contribution in [2.24, 2.45) is 0 Å². The molecule has 4 heteroatoms. The van der Waals surface area contributed by atoms with Crippen LogP contribution in [0.25, 0.3) is 11.1 Å². The number of rotatable bonds is 5. The smallest absolute Gasteiger partial charge is 0.123 e. The summed E-state index contributed by atoms with van der Waals surface area (Å²) in [5.74, 6) is 0.570. The normalized spacial score (nSPS) is 17.6. The molecular formula is C18H20FNO2. The van der Waals surface area contributed by atoms with Crippen LogP contribution in [-0.4, -0.2) is 26.3 Å². The van der Waals surface area contributed by atoms with Gasteiger partial charge in [-0.05, 0) is 53.9 Å². The molecule has 3 rings (SSSR count). The predicted octanol–water partition coefficient (Wildman–Crippen LogP) is 3.38. The first-order valence-electron chi connectivity index (χ1n) is 7.51. The third-order valence-corrected chi connectivity index (χ3v) is 3.96. The summed E-state index contributed by atoms with van der Waals surface area (Å²) in [6.45, 7) is 2.28. The summed E-state index contributed by atoms with van der Waals surface area (Å²) in [6.07, 6.45) is 1.22. The fourth-order valence-electron chi connectivity index (χ4n) is 2.71. The Morgan fingerprint density at radius 1 is 1.18 bits per heavy atom. The third-order valence-electron chi connectivity index (χ3n) is 3.96. The van der Waals surface area contributed by atoms with Gasteiger partial charge in [-0.15, -0.1) is 0 Å².